The second-order valence-electron chi connectivity index (χ2n) is 16.1. The summed E-state index contributed by atoms with van der Waals surface area (Å²) in [5, 5.41) is 17.3. The topological polar surface area (TPSA) is 284 Å². The molecule has 19 heteroatoms. The van der Waals surface area contributed by atoms with E-state index in [2.05, 4.69) is 41.9 Å². The molecule has 1 aromatic carbocycles. The number of nitrogens with zero attached hydrogens (tertiary/aromatic N) is 2. The van der Waals surface area contributed by atoms with Crippen LogP contribution in [0.3, 0.4) is 0 Å². The van der Waals surface area contributed by atoms with Crippen molar-refractivity contribution in [3.8, 4) is 0 Å². The van der Waals surface area contributed by atoms with Gasteiger partial charge in [0, 0.05) is 43.7 Å². The third-order valence-corrected chi connectivity index (χ3v) is 10.2. The van der Waals surface area contributed by atoms with Gasteiger partial charge in [0.05, 0.1) is 7.11 Å². The van der Waals surface area contributed by atoms with E-state index in [0.717, 1.165) is 16.5 Å². The van der Waals surface area contributed by atoms with E-state index in [1.54, 1.807) is 6.20 Å². The second kappa shape index (κ2) is 23.6. The molecule has 3 rings (SSSR count). The quantitative estimate of drug-likeness (QED) is 0.0588. The number of urea groups is 1. The molecule has 2 heterocycles. The summed E-state index contributed by atoms with van der Waals surface area (Å²) in [5.41, 5.74) is 12.4. The van der Waals surface area contributed by atoms with Crippen LogP contribution in [0.4, 0.5) is 4.79 Å². The van der Waals surface area contributed by atoms with E-state index in [0.29, 0.717) is 19.3 Å². The summed E-state index contributed by atoms with van der Waals surface area (Å²) in [6.45, 7) is 9.46. The predicted octanol–water partition coefficient (Wildman–Crippen LogP) is 0.667. The fourth-order valence-corrected chi connectivity index (χ4v) is 6.98. The molecule has 332 valence electrons. The first kappa shape index (κ1) is 48.5. The lowest BCUT2D eigenvalue weighted by atomic mass is 9.97. The Hall–Kier alpha value is -5.88. The van der Waals surface area contributed by atoms with Gasteiger partial charge in [0.25, 0.3) is 0 Å². The van der Waals surface area contributed by atoms with Gasteiger partial charge in [0.2, 0.25) is 29.5 Å². The number of likely N-dealkylation sites (N-methyl/N-ethyl adjacent to an activating group) is 1. The predicted molar refractivity (Wildman–Crippen MR) is 227 cm³/mol. The average molecular weight is 840 g/mol. The molecule has 11 N–H and O–H groups in total. The minimum absolute atomic E-state index is 0.0159. The van der Waals surface area contributed by atoms with Crippen LogP contribution < -0.4 is 43.4 Å². The summed E-state index contributed by atoms with van der Waals surface area (Å²) in [6, 6.07) is 0.326. The van der Waals surface area contributed by atoms with Crippen LogP contribution in [0.5, 0.6) is 0 Å². The Morgan fingerprint density at radius 1 is 0.917 bits per heavy atom. The number of amides is 7. The van der Waals surface area contributed by atoms with Gasteiger partial charge in [-0.1, -0.05) is 45.9 Å². The van der Waals surface area contributed by atoms with Gasteiger partial charge in [-0.25, -0.2) is 9.59 Å². The first-order valence-corrected chi connectivity index (χ1v) is 20.6. The van der Waals surface area contributed by atoms with Crippen molar-refractivity contribution < 1.29 is 38.3 Å². The molecule has 0 saturated carbocycles. The Morgan fingerprint density at radius 3 is 2.27 bits per heavy atom. The zero-order valence-electron chi connectivity index (χ0n) is 35.9. The normalized spacial score (nSPS) is 22.1. The summed E-state index contributed by atoms with van der Waals surface area (Å²) in [4.78, 5) is 104. The van der Waals surface area contributed by atoms with Crippen LogP contribution in [0.25, 0.3) is 10.9 Å². The molecule has 1 saturated heterocycles. The third-order valence-electron chi connectivity index (χ3n) is 10.2. The number of aromatic amines is 1. The number of aliphatic imine (C=N–C) groups is 1. The zero-order valence-corrected chi connectivity index (χ0v) is 35.9. The molecule has 60 heavy (non-hydrogen) atoms. The minimum Gasteiger partial charge on any atom is -0.467 e. The molecular weight excluding hydrogens is 775 g/mol. The molecule has 0 spiro atoms. The Kier molecular flexibility index (Phi) is 19.1. The molecule has 0 aliphatic carbocycles. The number of esters is 1. The number of ether oxygens (including phenoxy) is 1. The molecule has 1 aromatic heterocycles. The molecule has 0 radical (unpaired) electrons. The number of aromatic nitrogens is 1. The first-order chi connectivity index (χ1) is 28.4. The Morgan fingerprint density at radius 2 is 1.60 bits per heavy atom. The van der Waals surface area contributed by atoms with E-state index in [1.807, 2.05) is 52.0 Å². The van der Waals surface area contributed by atoms with Crippen molar-refractivity contribution in [1.82, 2.24) is 41.8 Å². The van der Waals surface area contributed by atoms with Crippen LogP contribution in [0.15, 0.2) is 35.5 Å². The molecule has 6 unspecified atom stereocenters. The number of carbonyl (C=O) groups is 7. The van der Waals surface area contributed by atoms with E-state index in [1.165, 1.54) is 26.0 Å². The molecule has 2 aromatic rings. The van der Waals surface area contributed by atoms with Crippen molar-refractivity contribution in [2.45, 2.75) is 122 Å². The van der Waals surface area contributed by atoms with Crippen molar-refractivity contribution in [1.29, 1.82) is 0 Å². The minimum atomic E-state index is -1.18. The van der Waals surface area contributed by atoms with E-state index in [4.69, 9.17) is 16.2 Å². The van der Waals surface area contributed by atoms with E-state index in [9.17, 15) is 33.6 Å². The van der Waals surface area contributed by atoms with Crippen LogP contribution in [0.2, 0.25) is 0 Å². The van der Waals surface area contributed by atoms with Gasteiger partial charge in [-0.05, 0) is 75.3 Å². The van der Waals surface area contributed by atoms with E-state index >= 15 is 0 Å². The van der Waals surface area contributed by atoms with Crippen LogP contribution in [-0.2, 0) is 39.9 Å². The first-order valence-electron chi connectivity index (χ1n) is 20.6. The summed E-state index contributed by atoms with van der Waals surface area (Å²) in [7, 11) is 2.68. The Bertz CT molecular complexity index is 1830. The van der Waals surface area contributed by atoms with Gasteiger partial charge in [-0.2, -0.15) is 0 Å². The number of nitrogens with two attached hydrogens (primary N) is 2. The molecule has 1 fully saturated rings. The van der Waals surface area contributed by atoms with Crippen molar-refractivity contribution in [3.63, 3.8) is 0 Å². The van der Waals surface area contributed by atoms with Crippen LogP contribution in [0, 0.1) is 11.8 Å². The summed E-state index contributed by atoms with van der Waals surface area (Å²) >= 11 is 0. The van der Waals surface area contributed by atoms with Gasteiger partial charge in [0.15, 0.2) is 5.96 Å². The fourth-order valence-electron chi connectivity index (χ4n) is 6.98. The maximum Gasteiger partial charge on any atom is 0.328 e. The Balaban J connectivity index is 1.94. The fraction of sp³-hybridized carbons (Fsp3) is 0.610. The average Bonchev–Trinajstić information content (AvgIpc) is 3.60. The van der Waals surface area contributed by atoms with Crippen LogP contribution in [0.1, 0.15) is 85.1 Å². The lowest BCUT2D eigenvalue weighted by Crippen LogP contribution is -2.59. The highest BCUT2D eigenvalue weighted by Gasteiger charge is 2.36. The molecule has 0 bridgehead atoms. The van der Waals surface area contributed by atoms with Gasteiger partial charge in [-0.15, -0.1) is 0 Å². The highest BCUT2D eigenvalue weighted by Crippen LogP contribution is 2.21. The number of hydrogen-bond acceptors (Lipinski definition) is 9. The number of methoxy groups -OCH3 is 1. The van der Waals surface area contributed by atoms with Crippen molar-refractivity contribution in [2.75, 3.05) is 27.2 Å². The van der Waals surface area contributed by atoms with E-state index < -0.39 is 77.8 Å². The number of fused-ring (bicyclic) bond motifs is 1. The van der Waals surface area contributed by atoms with Crippen molar-refractivity contribution in [2.24, 2.45) is 28.3 Å². The number of guanidine groups is 1. The molecular formula is C41H65N11O8. The van der Waals surface area contributed by atoms with Crippen molar-refractivity contribution in [3.05, 3.63) is 36.0 Å². The summed E-state index contributed by atoms with van der Waals surface area (Å²) < 4.78 is 4.85. The van der Waals surface area contributed by atoms with Gasteiger partial charge in [0.1, 0.15) is 36.3 Å². The molecule has 1 aliphatic rings. The highest BCUT2D eigenvalue weighted by atomic mass is 16.5. The Labute approximate surface area is 351 Å². The molecule has 19 nitrogen and oxygen atoms in total. The number of rotatable bonds is 13. The van der Waals surface area contributed by atoms with Crippen molar-refractivity contribution >= 4 is 58.4 Å². The molecule has 6 atom stereocenters. The maximum absolute atomic E-state index is 14.2. The number of para-hydroxylation sites is 1. The summed E-state index contributed by atoms with van der Waals surface area (Å²) in [6.07, 6.45) is 3.74. The number of H-pyrrole nitrogens is 1. The zero-order chi connectivity index (χ0) is 44.5. The van der Waals surface area contributed by atoms with Gasteiger partial charge >= 0.3 is 12.0 Å². The number of hydrogen-bond donors (Lipinski definition) is 9. The number of benzene rings is 1. The molecule has 7 amide bonds. The standard InChI is InChI=1S/C41H65N11O8/c1-23(2)19-32-38(57)52(6)33(20-24(3)4)37(56)48-31(21-26-22-46-28-14-9-8-13-27(26)28)35(54)44-17-11-10-15-29(36(55)47-25(5)34(53)49-32)50-41(59)51-30(39(58)60-7)16-12-18-45-40(42)43/h8-9,13-14,22-25,29-33,46H,10-12,15-21H2,1-7H3,(H,44,54)(H,47,55)(H,48,56)(H,49,53)(H4,42,43,45)(H2,50,51,59). The van der Waals surface area contributed by atoms with Crippen LogP contribution in [-0.4, -0.2) is 121 Å². The summed E-state index contributed by atoms with van der Waals surface area (Å²) in [5.74, 6) is -3.70. The highest BCUT2D eigenvalue weighted by molar-refractivity contribution is 5.96. The van der Waals surface area contributed by atoms with E-state index in [-0.39, 0.29) is 63.0 Å². The maximum atomic E-state index is 14.2. The number of nitrogens with one attached hydrogen (secondary N) is 7. The van der Waals surface area contributed by atoms with Gasteiger partial charge < -0.3 is 58.0 Å². The number of carbonyl (C=O) groups excluding carboxylic acids is 7. The smallest absolute Gasteiger partial charge is 0.328 e. The largest absolute Gasteiger partial charge is 0.467 e. The lowest BCUT2D eigenvalue weighted by Gasteiger charge is -2.33. The molecule has 1 aliphatic heterocycles. The SMILES string of the molecule is COC(=O)C(CCCN=C(N)N)NC(=O)NC1CCCCNC(=O)C(Cc2c[nH]c3ccccc23)NC(=O)C(CC(C)C)N(C)C(=O)C(CC(C)C)NC(=O)C(C)NC1=O. The van der Waals surface area contributed by atoms with Gasteiger partial charge in [-0.3, -0.25) is 29.0 Å². The second-order valence-corrected chi connectivity index (χ2v) is 16.1. The lowest BCUT2D eigenvalue weighted by molar-refractivity contribution is -0.143. The van der Waals surface area contributed by atoms with Crippen LogP contribution >= 0.6 is 0 Å². The monoisotopic (exact) mass is 840 g/mol. The third kappa shape index (κ3) is 15.1.